The van der Waals surface area contributed by atoms with Gasteiger partial charge in [0.05, 0.1) is 11.6 Å². The van der Waals surface area contributed by atoms with E-state index in [1.807, 2.05) is 24.5 Å². The molecule has 0 radical (unpaired) electrons. The number of unbranched alkanes of at least 4 members (excludes halogenated alkanes) is 3. The van der Waals surface area contributed by atoms with Crippen LogP contribution < -0.4 is 21.5 Å². The Hall–Kier alpha value is -0.880. The van der Waals surface area contributed by atoms with Gasteiger partial charge < -0.3 is 17.0 Å². The average molecular weight is 269 g/mol. The standard InChI is InChI=1S/C12H17N2.BrH/c1-2-3-4-5-8-14-9-6-12(11-13)7-10-14;/h6-7,9-10H,2-5,8H2,1H3;1H/q+1;/p-1. The first kappa shape index (κ1) is 14.1. The number of nitriles is 1. The van der Waals surface area contributed by atoms with E-state index in [1.165, 1.54) is 25.7 Å². The Labute approximate surface area is 102 Å². The Balaban J connectivity index is 0.00000196. The number of hydrogen-bond donors (Lipinski definition) is 0. The molecule has 0 unspecified atom stereocenters. The molecule has 1 aromatic rings. The van der Waals surface area contributed by atoms with Crippen molar-refractivity contribution >= 4 is 0 Å². The van der Waals surface area contributed by atoms with E-state index in [0.29, 0.717) is 0 Å². The van der Waals surface area contributed by atoms with Gasteiger partial charge in [-0.05, 0) is 6.42 Å². The molecule has 0 aliphatic carbocycles. The summed E-state index contributed by atoms with van der Waals surface area (Å²) in [6.07, 6.45) is 9.07. The minimum absolute atomic E-state index is 0. The first-order valence-electron chi connectivity index (χ1n) is 5.26. The Morgan fingerprint density at radius 3 is 2.40 bits per heavy atom. The van der Waals surface area contributed by atoms with Crippen LogP contribution in [-0.4, -0.2) is 0 Å². The van der Waals surface area contributed by atoms with Crippen molar-refractivity contribution in [3.05, 3.63) is 30.1 Å². The van der Waals surface area contributed by atoms with Crippen LogP contribution in [0, 0.1) is 11.3 Å². The van der Waals surface area contributed by atoms with Crippen LogP contribution in [0.5, 0.6) is 0 Å². The lowest BCUT2D eigenvalue weighted by Crippen LogP contribution is -3.00. The fourth-order valence-electron chi connectivity index (χ4n) is 1.40. The molecule has 2 nitrogen and oxygen atoms in total. The molecule has 0 aliphatic heterocycles. The minimum Gasteiger partial charge on any atom is -1.00 e. The quantitative estimate of drug-likeness (QED) is 0.519. The Morgan fingerprint density at radius 1 is 1.20 bits per heavy atom. The highest BCUT2D eigenvalue weighted by molar-refractivity contribution is 5.23. The van der Waals surface area contributed by atoms with Crippen LogP contribution in [0.3, 0.4) is 0 Å². The minimum atomic E-state index is 0. The maximum atomic E-state index is 8.62. The van der Waals surface area contributed by atoms with Crippen LogP contribution in [0.15, 0.2) is 24.5 Å². The van der Waals surface area contributed by atoms with Crippen LogP contribution >= 0.6 is 0 Å². The van der Waals surface area contributed by atoms with Crippen LogP contribution in [0.4, 0.5) is 0 Å². The number of nitrogens with zero attached hydrogens (tertiary/aromatic N) is 2. The van der Waals surface area contributed by atoms with Crippen molar-refractivity contribution in [2.24, 2.45) is 0 Å². The van der Waals surface area contributed by atoms with E-state index in [0.717, 1.165) is 12.1 Å². The second-order valence-corrected chi connectivity index (χ2v) is 3.50. The molecule has 0 amide bonds. The Kier molecular flexibility index (Phi) is 7.94. The van der Waals surface area contributed by atoms with Crippen LogP contribution in [0.1, 0.15) is 38.2 Å². The number of halogens is 1. The molecule has 0 aliphatic rings. The van der Waals surface area contributed by atoms with Crippen molar-refractivity contribution in [2.75, 3.05) is 0 Å². The molecule has 15 heavy (non-hydrogen) atoms. The smallest absolute Gasteiger partial charge is 0.170 e. The van der Waals surface area contributed by atoms with E-state index in [9.17, 15) is 0 Å². The van der Waals surface area contributed by atoms with Gasteiger partial charge >= 0.3 is 0 Å². The SMILES string of the molecule is CCCCCC[n+]1ccc(C#N)cc1.[Br-]. The normalized spacial score (nSPS) is 9.07. The first-order valence-corrected chi connectivity index (χ1v) is 5.26. The summed E-state index contributed by atoms with van der Waals surface area (Å²) in [6, 6.07) is 5.84. The number of hydrogen-bond acceptors (Lipinski definition) is 1. The summed E-state index contributed by atoms with van der Waals surface area (Å²) in [5.41, 5.74) is 0.731. The molecule has 0 N–H and O–H groups in total. The lowest BCUT2D eigenvalue weighted by Gasteiger charge is -1.96. The third kappa shape index (κ3) is 5.54. The Morgan fingerprint density at radius 2 is 1.87 bits per heavy atom. The third-order valence-corrected chi connectivity index (χ3v) is 2.29. The second-order valence-electron chi connectivity index (χ2n) is 3.50. The van der Waals surface area contributed by atoms with Crippen molar-refractivity contribution < 1.29 is 21.5 Å². The van der Waals surface area contributed by atoms with Gasteiger partial charge in [-0.3, -0.25) is 0 Å². The Bertz CT molecular complexity index is 300. The highest BCUT2D eigenvalue weighted by atomic mass is 79.9. The van der Waals surface area contributed by atoms with Gasteiger partial charge in [-0.15, -0.1) is 0 Å². The van der Waals surface area contributed by atoms with Gasteiger partial charge in [0.15, 0.2) is 12.4 Å². The fraction of sp³-hybridized carbons (Fsp3) is 0.500. The molecule has 1 rings (SSSR count). The molecule has 0 spiro atoms. The predicted octanol–water partition coefficient (Wildman–Crippen LogP) is -0.570. The van der Waals surface area contributed by atoms with Crippen LogP contribution in [0.25, 0.3) is 0 Å². The van der Waals surface area contributed by atoms with Crippen LogP contribution in [-0.2, 0) is 6.54 Å². The van der Waals surface area contributed by atoms with Gasteiger partial charge in [0.2, 0.25) is 0 Å². The summed E-state index contributed by atoms with van der Waals surface area (Å²) < 4.78 is 2.14. The molecule has 82 valence electrons. The maximum Gasteiger partial charge on any atom is 0.170 e. The molecule has 0 bridgehead atoms. The summed E-state index contributed by atoms with van der Waals surface area (Å²) in [4.78, 5) is 0. The molecule has 0 saturated heterocycles. The zero-order chi connectivity index (χ0) is 10.2. The van der Waals surface area contributed by atoms with Gasteiger partial charge in [-0.2, -0.15) is 5.26 Å². The number of aryl methyl sites for hydroxylation is 1. The zero-order valence-electron chi connectivity index (χ0n) is 9.12. The van der Waals surface area contributed by atoms with E-state index in [-0.39, 0.29) is 17.0 Å². The van der Waals surface area contributed by atoms with Gasteiger partial charge in [0.1, 0.15) is 6.54 Å². The summed E-state index contributed by atoms with van der Waals surface area (Å²) in [5, 5.41) is 8.62. The van der Waals surface area contributed by atoms with Crippen molar-refractivity contribution in [1.29, 1.82) is 5.26 Å². The molecular formula is C12H17BrN2. The van der Waals surface area contributed by atoms with Crippen molar-refractivity contribution in [3.8, 4) is 6.07 Å². The van der Waals surface area contributed by atoms with E-state index in [2.05, 4.69) is 17.6 Å². The lowest BCUT2D eigenvalue weighted by atomic mass is 10.2. The summed E-state index contributed by atoms with van der Waals surface area (Å²) in [6.45, 7) is 3.28. The number of rotatable bonds is 5. The summed E-state index contributed by atoms with van der Waals surface area (Å²) in [5.74, 6) is 0. The zero-order valence-corrected chi connectivity index (χ0v) is 10.7. The van der Waals surface area contributed by atoms with E-state index < -0.39 is 0 Å². The van der Waals surface area contributed by atoms with Crippen LogP contribution in [0.2, 0.25) is 0 Å². The van der Waals surface area contributed by atoms with E-state index in [4.69, 9.17) is 5.26 Å². The summed E-state index contributed by atoms with van der Waals surface area (Å²) in [7, 11) is 0. The van der Waals surface area contributed by atoms with Crippen molar-refractivity contribution in [1.82, 2.24) is 0 Å². The topological polar surface area (TPSA) is 27.7 Å². The van der Waals surface area contributed by atoms with Gasteiger partial charge in [-0.25, -0.2) is 4.57 Å². The average Bonchev–Trinajstić information content (AvgIpc) is 2.25. The predicted molar refractivity (Wildman–Crippen MR) is 55.5 cm³/mol. The largest absolute Gasteiger partial charge is 1.00 e. The highest BCUT2D eigenvalue weighted by Crippen LogP contribution is 1.98. The molecule has 1 heterocycles. The molecule has 0 atom stereocenters. The molecule has 1 aromatic heterocycles. The van der Waals surface area contributed by atoms with Crippen molar-refractivity contribution in [2.45, 2.75) is 39.2 Å². The molecule has 0 aromatic carbocycles. The molecule has 0 fully saturated rings. The highest BCUT2D eigenvalue weighted by Gasteiger charge is 1.99. The van der Waals surface area contributed by atoms with Gasteiger partial charge in [0.25, 0.3) is 0 Å². The summed E-state index contributed by atoms with van der Waals surface area (Å²) >= 11 is 0. The molecule has 3 heteroatoms. The third-order valence-electron chi connectivity index (χ3n) is 2.29. The maximum absolute atomic E-state index is 8.62. The second kappa shape index (κ2) is 8.43. The fourth-order valence-corrected chi connectivity index (χ4v) is 1.40. The van der Waals surface area contributed by atoms with Gasteiger partial charge in [-0.1, -0.05) is 19.8 Å². The molecular weight excluding hydrogens is 252 g/mol. The van der Waals surface area contributed by atoms with E-state index >= 15 is 0 Å². The lowest BCUT2D eigenvalue weighted by molar-refractivity contribution is -0.697. The first-order chi connectivity index (χ1) is 6.86. The molecule has 0 saturated carbocycles. The number of aromatic nitrogens is 1. The van der Waals surface area contributed by atoms with Gasteiger partial charge in [0, 0.05) is 18.6 Å². The van der Waals surface area contributed by atoms with E-state index in [1.54, 1.807) is 0 Å². The van der Waals surface area contributed by atoms with Crippen molar-refractivity contribution in [3.63, 3.8) is 0 Å². The monoisotopic (exact) mass is 268 g/mol. The number of pyridine rings is 1.